The predicted molar refractivity (Wildman–Crippen MR) is 75.8 cm³/mol. The normalized spacial score (nSPS) is 14.3. The second-order valence-electron chi connectivity index (χ2n) is 4.10. The lowest BCUT2D eigenvalue weighted by molar-refractivity contribution is 0.375. The minimum absolute atomic E-state index is 0.323. The van der Waals surface area contributed by atoms with Crippen molar-refractivity contribution in [3.8, 4) is 0 Å². The average Bonchev–Trinajstić information content (AvgIpc) is 2.79. The quantitative estimate of drug-likeness (QED) is 0.862. The van der Waals surface area contributed by atoms with E-state index in [4.69, 9.17) is 27.7 Å². The lowest BCUT2D eigenvalue weighted by Gasteiger charge is -2.07. The summed E-state index contributed by atoms with van der Waals surface area (Å²) >= 11 is 11.8. The minimum Gasteiger partial charge on any atom is -0.338 e. The lowest BCUT2D eigenvalue weighted by atomic mass is 10.2. The first-order valence-corrected chi connectivity index (χ1v) is 7.72. The molecule has 1 heterocycles. The van der Waals surface area contributed by atoms with Crippen LogP contribution in [0.1, 0.15) is 29.5 Å². The molecule has 0 fully saturated rings. The van der Waals surface area contributed by atoms with E-state index < -0.39 is 10.8 Å². The van der Waals surface area contributed by atoms with Crippen LogP contribution in [0.4, 0.5) is 0 Å². The van der Waals surface area contributed by atoms with Crippen molar-refractivity contribution >= 4 is 34.0 Å². The van der Waals surface area contributed by atoms with Crippen molar-refractivity contribution in [2.24, 2.45) is 0 Å². The summed E-state index contributed by atoms with van der Waals surface area (Å²) in [6, 6.07) is 5.21. The molecule has 0 radical (unpaired) electrons. The van der Waals surface area contributed by atoms with Gasteiger partial charge in [0.15, 0.2) is 5.82 Å². The zero-order chi connectivity index (χ0) is 14.0. The third-order valence-electron chi connectivity index (χ3n) is 2.58. The Kier molecular flexibility index (Phi) is 4.60. The number of aryl methyl sites for hydroxylation is 1. The Balaban J connectivity index is 2.10. The van der Waals surface area contributed by atoms with Gasteiger partial charge in [0.25, 0.3) is 0 Å². The topological polar surface area (TPSA) is 56.0 Å². The van der Waals surface area contributed by atoms with E-state index in [1.807, 2.05) is 0 Å². The van der Waals surface area contributed by atoms with Gasteiger partial charge < -0.3 is 4.52 Å². The summed E-state index contributed by atoms with van der Waals surface area (Å²) in [5.41, 5.74) is 0.857. The maximum absolute atomic E-state index is 12.2. The maximum atomic E-state index is 12.2. The van der Waals surface area contributed by atoms with Crippen molar-refractivity contribution in [3.63, 3.8) is 0 Å². The molecular weight excluding hydrogens is 307 g/mol. The summed E-state index contributed by atoms with van der Waals surface area (Å²) in [5, 5.41) is 4.31. The molecule has 2 rings (SSSR count). The minimum atomic E-state index is -1.17. The fraction of sp³-hybridized carbons (Fsp3) is 0.333. The Hall–Kier alpha value is -0.910. The Labute approximate surface area is 123 Å². The second kappa shape index (κ2) is 6.03. The van der Waals surface area contributed by atoms with Crippen LogP contribution in [0.3, 0.4) is 0 Å². The molecule has 19 heavy (non-hydrogen) atoms. The van der Waals surface area contributed by atoms with Gasteiger partial charge in [-0.05, 0) is 31.5 Å². The van der Waals surface area contributed by atoms with E-state index in [0.29, 0.717) is 27.5 Å². The molecule has 0 spiro atoms. The molecule has 0 saturated carbocycles. The second-order valence-corrected chi connectivity index (χ2v) is 6.67. The van der Waals surface area contributed by atoms with Crippen LogP contribution in [0.15, 0.2) is 22.7 Å². The van der Waals surface area contributed by atoms with Gasteiger partial charge in [0.2, 0.25) is 5.89 Å². The van der Waals surface area contributed by atoms with Crippen LogP contribution >= 0.6 is 23.2 Å². The summed E-state index contributed by atoms with van der Waals surface area (Å²) < 4.78 is 17.3. The molecule has 1 aromatic heterocycles. The largest absolute Gasteiger partial charge is 0.338 e. The molecular formula is C12H12Cl2N2O2S. The predicted octanol–water partition coefficient (Wildman–Crippen LogP) is 3.69. The summed E-state index contributed by atoms with van der Waals surface area (Å²) in [5.74, 6) is 1.28. The van der Waals surface area contributed by atoms with E-state index >= 15 is 0 Å². The molecule has 102 valence electrons. The molecule has 2 atom stereocenters. The first kappa shape index (κ1) is 14.5. The van der Waals surface area contributed by atoms with E-state index in [0.717, 1.165) is 5.56 Å². The van der Waals surface area contributed by atoms with Crippen LogP contribution in [0.25, 0.3) is 0 Å². The molecule has 4 nitrogen and oxygen atoms in total. The van der Waals surface area contributed by atoms with Gasteiger partial charge in [0, 0.05) is 16.6 Å². The summed E-state index contributed by atoms with van der Waals surface area (Å²) in [6.45, 7) is 3.52. The summed E-state index contributed by atoms with van der Waals surface area (Å²) in [6.07, 6.45) is 0. The number of benzene rings is 1. The smallest absolute Gasteiger partial charge is 0.242 e. The van der Waals surface area contributed by atoms with Gasteiger partial charge in [-0.2, -0.15) is 4.98 Å². The van der Waals surface area contributed by atoms with E-state index in [2.05, 4.69) is 10.1 Å². The summed E-state index contributed by atoms with van der Waals surface area (Å²) in [7, 11) is -1.17. The van der Waals surface area contributed by atoms with Crippen molar-refractivity contribution in [3.05, 3.63) is 45.5 Å². The molecule has 0 amide bonds. The Morgan fingerprint density at radius 1 is 1.37 bits per heavy atom. The van der Waals surface area contributed by atoms with Gasteiger partial charge >= 0.3 is 0 Å². The molecule has 7 heteroatoms. The van der Waals surface area contributed by atoms with Crippen molar-refractivity contribution in [1.82, 2.24) is 10.1 Å². The number of aromatic nitrogens is 2. The zero-order valence-corrected chi connectivity index (χ0v) is 12.7. The third kappa shape index (κ3) is 3.55. The number of hydrogen-bond acceptors (Lipinski definition) is 4. The number of halogens is 2. The van der Waals surface area contributed by atoms with Crippen molar-refractivity contribution in [1.29, 1.82) is 0 Å². The van der Waals surface area contributed by atoms with Crippen LogP contribution in [0.2, 0.25) is 10.0 Å². The molecule has 0 unspecified atom stereocenters. The van der Waals surface area contributed by atoms with Crippen LogP contribution in [0.5, 0.6) is 0 Å². The standard InChI is InChI=1S/C12H12Cl2N2O2S/c1-7(12-15-8(2)16-18-12)19(17)6-9-3-4-10(13)11(14)5-9/h3-5,7H,6H2,1-2H3/t7-,19-/m1/s1. The highest BCUT2D eigenvalue weighted by Crippen LogP contribution is 2.25. The monoisotopic (exact) mass is 318 g/mol. The van der Waals surface area contributed by atoms with Crippen LogP contribution < -0.4 is 0 Å². The Bertz CT molecular complexity index is 616. The highest BCUT2D eigenvalue weighted by molar-refractivity contribution is 7.84. The van der Waals surface area contributed by atoms with E-state index in [-0.39, 0.29) is 5.25 Å². The zero-order valence-electron chi connectivity index (χ0n) is 10.4. The highest BCUT2D eigenvalue weighted by Gasteiger charge is 2.20. The molecule has 0 bridgehead atoms. The van der Waals surface area contributed by atoms with Gasteiger partial charge in [-0.15, -0.1) is 0 Å². The molecule has 0 aliphatic heterocycles. The van der Waals surface area contributed by atoms with Gasteiger partial charge in [0.05, 0.1) is 10.0 Å². The first-order valence-electron chi connectivity index (χ1n) is 5.58. The Morgan fingerprint density at radius 3 is 2.68 bits per heavy atom. The van der Waals surface area contributed by atoms with Crippen LogP contribution in [-0.4, -0.2) is 14.3 Å². The van der Waals surface area contributed by atoms with E-state index in [1.165, 1.54) is 0 Å². The molecule has 0 aliphatic carbocycles. The molecule has 0 saturated heterocycles. The van der Waals surface area contributed by atoms with Gasteiger partial charge in [-0.1, -0.05) is 34.4 Å². The molecule has 1 aromatic carbocycles. The van der Waals surface area contributed by atoms with E-state index in [1.54, 1.807) is 32.0 Å². The van der Waals surface area contributed by atoms with Crippen LogP contribution in [0, 0.1) is 6.92 Å². The number of rotatable bonds is 4. The van der Waals surface area contributed by atoms with Gasteiger partial charge in [0.1, 0.15) is 5.25 Å². The lowest BCUT2D eigenvalue weighted by Crippen LogP contribution is -2.06. The Morgan fingerprint density at radius 2 is 2.11 bits per heavy atom. The molecule has 2 aromatic rings. The fourth-order valence-electron chi connectivity index (χ4n) is 1.51. The highest BCUT2D eigenvalue weighted by atomic mass is 35.5. The molecule has 0 N–H and O–H groups in total. The average molecular weight is 319 g/mol. The van der Waals surface area contributed by atoms with Gasteiger partial charge in [-0.25, -0.2) is 0 Å². The SMILES string of the molecule is Cc1noc([C@@H](C)[S@](=O)Cc2ccc(Cl)c(Cl)c2)n1. The van der Waals surface area contributed by atoms with Crippen molar-refractivity contribution < 1.29 is 8.73 Å². The van der Waals surface area contributed by atoms with Crippen molar-refractivity contribution in [2.75, 3.05) is 0 Å². The summed E-state index contributed by atoms with van der Waals surface area (Å²) in [4.78, 5) is 4.09. The third-order valence-corrected chi connectivity index (χ3v) is 4.93. The number of nitrogens with zero attached hydrogens (tertiary/aromatic N) is 2. The fourth-order valence-corrected chi connectivity index (χ4v) is 2.91. The van der Waals surface area contributed by atoms with E-state index in [9.17, 15) is 4.21 Å². The first-order chi connectivity index (χ1) is 8.97. The van der Waals surface area contributed by atoms with Crippen molar-refractivity contribution in [2.45, 2.75) is 24.9 Å². The molecule has 0 aliphatic rings. The number of hydrogen-bond donors (Lipinski definition) is 0. The van der Waals surface area contributed by atoms with Crippen LogP contribution in [-0.2, 0) is 16.6 Å². The maximum Gasteiger partial charge on any atom is 0.242 e. The van der Waals surface area contributed by atoms with Gasteiger partial charge in [-0.3, -0.25) is 4.21 Å².